The van der Waals surface area contributed by atoms with Gasteiger partial charge in [-0.1, -0.05) is 29.8 Å². The molecule has 7 nitrogen and oxygen atoms in total. The maximum absolute atomic E-state index is 11.5. The van der Waals surface area contributed by atoms with Gasteiger partial charge in [0.1, 0.15) is 11.0 Å². The molecule has 1 aromatic carbocycles. The van der Waals surface area contributed by atoms with Crippen molar-refractivity contribution in [3.8, 4) is 17.1 Å². The van der Waals surface area contributed by atoms with E-state index in [4.69, 9.17) is 17.3 Å². The second kappa shape index (κ2) is 5.18. The minimum atomic E-state index is -0.708. The van der Waals surface area contributed by atoms with Crippen LogP contribution >= 0.6 is 22.9 Å². The van der Waals surface area contributed by atoms with Gasteiger partial charge < -0.3 is 5.73 Å². The van der Waals surface area contributed by atoms with Crippen LogP contribution in [0.4, 0.5) is 4.79 Å². The molecule has 0 aliphatic heterocycles. The molecule has 0 aliphatic carbocycles. The summed E-state index contributed by atoms with van der Waals surface area (Å²) in [4.78, 5) is 19.7. The van der Waals surface area contributed by atoms with Crippen LogP contribution in [-0.4, -0.2) is 30.3 Å². The third-order valence-corrected chi connectivity index (χ3v) is 4.41. The van der Waals surface area contributed by atoms with Gasteiger partial charge in [-0.2, -0.15) is 4.68 Å². The zero-order valence-electron chi connectivity index (χ0n) is 11.5. The third-order valence-electron chi connectivity index (χ3n) is 3.33. The Hall–Kier alpha value is -2.71. The fraction of sp³-hybridized carbons (Fsp3) is 0. The molecule has 23 heavy (non-hydrogen) atoms. The van der Waals surface area contributed by atoms with Gasteiger partial charge in [0.25, 0.3) is 0 Å². The molecule has 0 fully saturated rings. The van der Waals surface area contributed by atoms with Crippen LogP contribution in [0.5, 0.6) is 0 Å². The average molecular weight is 344 g/mol. The molecule has 1 radical (unpaired) electrons. The van der Waals surface area contributed by atoms with Crippen molar-refractivity contribution in [2.24, 2.45) is 5.73 Å². The fourth-order valence-electron chi connectivity index (χ4n) is 2.33. The van der Waals surface area contributed by atoms with Gasteiger partial charge in [-0.3, -0.25) is 4.57 Å². The van der Waals surface area contributed by atoms with Gasteiger partial charge in [0, 0.05) is 10.6 Å². The Kier molecular flexibility index (Phi) is 3.14. The molecule has 4 aromatic rings. The number of imidazole rings is 1. The first-order chi connectivity index (χ1) is 11.2. The number of carbonyl (C=O) groups excluding carboxylic acids is 1. The number of amides is 1. The number of nitrogens with zero attached hydrogens (tertiary/aromatic N) is 5. The average Bonchev–Trinajstić information content (AvgIpc) is 3.22. The molecule has 0 aliphatic rings. The van der Waals surface area contributed by atoms with Crippen molar-refractivity contribution < 1.29 is 4.79 Å². The largest absolute Gasteiger partial charge is 0.350 e. The van der Waals surface area contributed by atoms with Gasteiger partial charge in [-0.05, 0) is 6.07 Å². The summed E-state index contributed by atoms with van der Waals surface area (Å²) in [5, 5.41) is 4.85. The van der Waals surface area contributed by atoms with Crippen LogP contribution in [0.3, 0.4) is 0 Å². The molecule has 3 heterocycles. The fourth-order valence-corrected chi connectivity index (χ4v) is 3.24. The Balaban J connectivity index is 1.97. The van der Waals surface area contributed by atoms with Crippen LogP contribution in [-0.2, 0) is 0 Å². The number of primary amides is 1. The van der Waals surface area contributed by atoms with Crippen molar-refractivity contribution in [2.75, 3.05) is 0 Å². The lowest BCUT2D eigenvalue weighted by Crippen LogP contribution is -2.21. The first kappa shape index (κ1) is 13.9. The summed E-state index contributed by atoms with van der Waals surface area (Å²) in [6.07, 6.45) is 3.28. The van der Waals surface area contributed by atoms with Crippen molar-refractivity contribution in [2.45, 2.75) is 0 Å². The van der Waals surface area contributed by atoms with Crippen LogP contribution < -0.4 is 5.73 Å². The lowest BCUT2D eigenvalue weighted by atomic mass is 10.1. The molecule has 0 saturated heterocycles. The van der Waals surface area contributed by atoms with E-state index in [0.717, 1.165) is 15.9 Å². The van der Waals surface area contributed by atoms with Crippen molar-refractivity contribution in [1.29, 1.82) is 0 Å². The first-order valence-electron chi connectivity index (χ1n) is 6.50. The predicted molar refractivity (Wildman–Crippen MR) is 86.8 cm³/mol. The normalized spacial score (nSPS) is 11.2. The lowest BCUT2D eigenvalue weighted by Gasteiger charge is -2.06. The minimum absolute atomic E-state index is 0.372. The van der Waals surface area contributed by atoms with Crippen LogP contribution in [0.15, 0.2) is 36.8 Å². The Bertz CT molecular complexity index is 1030. The summed E-state index contributed by atoms with van der Waals surface area (Å²) in [6, 6.07) is 6.71. The molecule has 9 heteroatoms. The molecular formula is C14H8ClN6OS. The molecule has 3 aromatic heterocycles. The molecule has 1 amide bonds. The van der Waals surface area contributed by atoms with Crippen LogP contribution in [0, 0.1) is 5.51 Å². The Morgan fingerprint density at radius 1 is 1.35 bits per heavy atom. The van der Waals surface area contributed by atoms with Gasteiger partial charge in [0.2, 0.25) is 0 Å². The highest BCUT2D eigenvalue weighted by atomic mass is 35.5. The number of hydrogen-bond donors (Lipinski definition) is 1. The Labute approximate surface area is 139 Å². The second-order valence-electron chi connectivity index (χ2n) is 4.66. The van der Waals surface area contributed by atoms with Gasteiger partial charge in [0.05, 0.1) is 11.9 Å². The highest BCUT2D eigenvalue weighted by Crippen LogP contribution is 2.32. The molecule has 0 unspecified atom stereocenters. The zero-order chi connectivity index (χ0) is 16.0. The number of halogens is 1. The van der Waals surface area contributed by atoms with E-state index >= 15 is 0 Å². The van der Waals surface area contributed by atoms with Crippen molar-refractivity contribution in [3.05, 3.63) is 47.3 Å². The molecule has 0 bridgehead atoms. The number of fused-ring (bicyclic) bond motifs is 1. The maximum Gasteiger partial charge on any atom is 0.341 e. The summed E-state index contributed by atoms with van der Waals surface area (Å²) in [5.74, 6) is 0.505. The second-order valence-corrected chi connectivity index (χ2v) is 5.86. The lowest BCUT2D eigenvalue weighted by molar-refractivity contribution is 0.248. The monoisotopic (exact) mass is 343 g/mol. The number of benzene rings is 1. The Morgan fingerprint density at radius 2 is 2.17 bits per heavy atom. The number of nitrogens with two attached hydrogens (primary N) is 1. The summed E-state index contributed by atoms with van der Waals surface area (Å²) >= 11 is 7.52. The number of hydrogen-bond acceptors (Lipinski definition) is 5. The Morgan fingerprint density at radius 3 is 2.96 bits per heavy atom. The maximum atomic E-state index is 11.5. The molecule has 0 spiro atoms. The van der Waals surface area contributed by atoms with E-state index in [2.05, 4.69) is 20.6 Å². The van der Waals surface area contributed by atoms with E-state index in [1.54, 1.807) is 23.2 Å². The number of carbonyl (C=O) groups is 1. The smallest absolute Gasteiger partial charge is 0.341 e. The number of aromatic nitrogens is 5. The summed E-state index contributed by atoms with van der Waals surface area (Å²) in [5.41, 5.74) is 10.0. The van der Waals surface area contributed by atoms with Gasteiger partial charge in [0.15, 0.2) is 17.0 Å². The highest BCUT2D eigenvalue weighted by molar-refractivity contribution is 7.16. The van der Waals surface area contributed by atoms with Crippen LogP contribution in [0.1, 0.15) is 0 Å². The van der Waals surface area contributed by atoms with Crippen LogP contribution in [0.2, 0.25) is 5.02 Å². The zero-order valence-corrected chi connectivity index (χ0v) is 13.0. The SMILES string of the molecule is NC(=O)n1nc(-n2cncc2-c2ccccc2Cl)c2s[c]nc21. The molecule has 0 saturated carbocycles. The number of rotatable bonds is 2. The van der Waals surface area contributed by atoms with Gasteiger partial charge in [-0.15, -0.1) is 16.4 Å². The summed E-state index contributed by atoms with van der Waals surface area (Å²) in [6.45, 7) is 0. The first-order valence-corrected chi connectivity index (χ1v) is 7.69. The van der Waals surface area contributed by atoms with Crippen molar-refractivity contribution >= 4 is 39.3 Å². The van der Waals surface area contributed by atoms with Gasteiger partial charge in [-0.25, -0.2) is 14.8 Å². The standard InChI is InChI=1S/C14H8ClN6OS/c15-9-4-2-1-3-8(9)10-5-17-6-20(10)13-11-12(18-7-23-11)21(19-13)14(16)22/h1-6H,(H2,16,22). The van der Waals surface area contributed by atoms with E-state index in [9.17, 15) is 4.79 Å². The molecular weight excluding hydrogens is 336 g/mol. The van der Waals surface area contributed by atoms with Crippen molar-refractivity contribution in [3.63, 3.8) is 0 Å². The molecule has 0 atom stereocenters. The minimum Gasteiger partial charge on any atom is -0.350 e. The molecule has 2 N–H and O–H groups in total. The topological polar surface area (TPSA) is 91.6 Å². The third kappa shape index (κ3) is 2.11. The molecule has 113 valence electrons. The van der Waals surface area contributed by atoms with Gasteiger partial charge >= 0.3 is 6.03 Å². The molecule has 4 rings (SSSR count). The van der Waals surface area contributed by atoms with Crippen LogP contribution in [0.25, 0.3) is 27.4 Å². The highest BCUT2D eigenvalue weighted by Gasteiger charge is 2.20. The van der Waals surface area contributed by atoms with E-state index in [1.807, 2.05) is 18.2 Å². The summed E-state index contributed by atoms with van der Waals surface area (Å²) < 4.78 is 3.48. The van der Waals surface area contributed by atoms with E-state index in [-0.39, 0.29) is 0 Å². The quantitative estimate of drug-likeness (QED) is 0.605. The predicted octanol–water partition coefficient (Wildman–Crippen LogP) is 2.73. The van der Waals surface area contributed by atoms with Crippen molar-refractivity contribution in [1.82, 2.24) is 24.3 Å². The summed E-state index contributed by atoms with van der Waals surface area (Å²) in [7, 11) is 0. The number of thiazole rings is 1. The van der Waals surface area contributed by atoms with E-state index in [0.29, 0.717) is 21.2 Å². The van der Waals surface area contributed by atoms with E-state index in [1.165, 1.54) is 11.3 Å². The van der Waals surface area contributed by atoms with E-state index < -0.39 is 6.03 Å².